The van der Waals surface area contributed by atoms with Crippen molar-refractivity contribution in [2.75, 3.05) is 0 Å². The van der Waals surface area contributed by atoms with E-state index in [2.05, 4.69) is 87.5 Å². The highest BCUT2D eigenvalue weighted by Gasteiger charge is 2.03. The molecule has 0 aromatic heterocycles. The van der Waals surface area contributed by atoms with Gasteiger partial charge < -0.3 is 0 Å². The maximum absolute atomic E-state index is 2.26. The Kier molecular flexibility index (Phi) is 4.35. The van der Waals surface area contributed by atoms with Crippen LogP contribution in [-0.4, -0.2) is 0 Å². The van der Waals surface area contributed by atoms with Crippen LogP contribution >= 0.6 is 0 Å². The van der Waals surface area contributed by atoms with E-state index in [1.54, 1.807) is 0 Å². The van der Waals surface area contributed by atoms with Crippen molar-refractivity contribution in [3.05, 3.63) is 77.9 Å². The van der Waals surface area contributed by atoms with Crippen LogP contribution in [0.25, 0.3) is 16.7 Å². The number of hydrogen-bond acceptors (Lipinski definition) is 0. The minimum Gasteiger partial charge on any atom is -0.0871 e. The summed E-state index contributed by atoms with van der Waals surface area (Å²) in [6, 6.07) is 17.3. The molecule has 0 saturated carbocycles. The predicted octanol–water partition coefficient (Wildman–Crippen LogP) is 5.64. The van der Waals surface area contributed by atoms with Crippen LogP contribution in [0.4, 0.5) is 0 Å². The van der Waals surface area contributed by atoms with Gasteiger partial charge in [0.15, 0.2) is 0 Å². The molecule has 0 atom stereocenters. The number of aryl methyl sites for hydroxylation is 1. The highest BCUT2D eigenvalue weighted by Crippen LogP contribution is 2.26. The summed E-state index contributed by atoms with van der Waals surface area (Å²) in [5.41, 5.74) is 6.38. The van der Waals surface area contributed by atoms with Gasteiger partial charge in [0.05, 0.1) is 0 Å². The van der Waals surface area contributed by atoms with Crippen molar-refractivity contribution in [3.8, 4) is 11.1 Å². The van der Waals surface area contributed by atoms with E-state index in [1.807, 2.05) is 0 Å². The van der Waals surface area contributed by atoms with Crippen LogP contribution in [0.3, 0.4) is 0 Å². The first-order chi connectivity index (χ1) is 9.24. The van der Waals surface area contributed by atoms with Gasteiger partial charge in [-0.2, -0.15) is 0 Å². The lowest BCUT2D eigenvalue weighted by molar-refractivity contribution is 1.44. The van der Waals surface area contributed by atoms with Gasteiger partial charge in [-0.1, -0.05) is 60.7 Å². The van der Waals surface area contributed by atoms with Gasteiger partial charge in [-0.05, 0) is 54.7 Å². The number of hydrogen-bond donors (Lipinski definition) is 0. The van der Waals surface area contributed by atoms with E-state index in [0.717, 1.165) is 0 Å². The van der Waals surface area contributed by atoms with E-state index < -0.39 is 0 Å². The first-order valence-electron chi connectivity index (χ1n) is 6.71. The number of benzene rings is 2. The van der Waals surface area contributed by atoms with E-state index in [4.69, 9.17) is 0 Å². The molecule has 0 radical (unpaired) electrons. The maximum Gasteiger partial charge on any atom is -0.0175 e. The molecule has 0 amide bonds. The van der Waals surface area contributed by atoms with Crippen LogP contribution in [0.5, 0.6) is 0 Å². The van der Waals surface area contributed by atoms with Crippen molar-refractivity contribution < 1.29 is 0 Å². The lowest BCUT2D eigenvalue weighted by Gasteiger charge is -2.09. The summed E-state index contributed by atoms with van der Waals surface area (Å²) >= 11 is 0. The molecule has 0 fully saturated rings. The zero-order chi connectivity index (χ0) is 13.7. The van der Waals surface area contributed by atoms with Gasteiger partial charge in [-0.3, -0.25) is 0 Å². The molecule has 0 heteroatoms. The van der Waals surface area contributed by atoms with E-state index in [1.165, 1.54) is 27.8 Å². The van der Waals surface area contributed by atoms with Gasteiger partial charge in [0.2, 0.25) is 0 Å². The highest BCUT2D eigenvalue weighted by atomic mass is 14.1. The Morgan fingerprint density at radius 1 is 0.895 bits per heavy atom. The van der Waals surface area contributed by atoms with Crippen LogP contribution in [0.1, 0.15) is 25.0 Å². The van der Waals surface area contributed by atoms with Crippen molar-refractivity contribution >= 4 is 5.57 Å². The fourth-order valence-corrected chi connectivity index (χ4v) is 2.29. The van der Waals surface area contributed by atoms with Crippen LogP contribution in [0, 0.1) is 6.92 Å². The van der Waals surface area contributed by atoms with Crippen molar-refractivity contribution in [2.45, 2.75) is 20.8 Å². The molecule has 96 valence electrons. The summed E-state index contributed by atoms with van der Waals surface area (Å²) in [6.45, 7) is 6.29. The number of rotatable bonds is 3. The maximum atomic E-state index is 2.26. The molecule has 0 bridgehead atoms. The fraction of sp³-hybridized carbons (Fsp3) is 0.158. The third-order valence-corrected chi connectivity index (χ3v) is 3.18. The van der Waals surface area contributed by atoms with Gasteiger partial charge in [0, 0.05) is 0 Å². The zero-order valence-corrected chi connectivity index (χ0v) is 11.9. The molecule has 0 aliphatic carbocycles. The topological polar surface area (TPSA) is 0 Å². The van der Waals surface area contributed by atoms with Crippen molar-refractivity contribution in [3.63, 3.8) is 0 Å². The average Bonchev–Trinajstić information content (AvgIpc) is 2.45. The summed E-state index contributed by atoms with van der Waals surface area (Å²) in [4.78, 5) is 0. The van der Waals surface area contributed by atoms with Crippen molar-refractivity contribution in [1.29, 1.82) is 0 Å². The van der Waals surface area contributed by atoms with Crippen LogP contribution in [0.2, 0.25) is 0 Å². The summed E-state index contributed by atoms with van der Waals surface area (Å²) in [6.07, 6.45) is 6.40. The largest absolute Gasteiger partial charge is 0.0871 e. The second-order valence-electron chi connectivity index (χ2n) is 4.70. The second-order valence-corrected chi connectivity index (χ2v) is 4.70. The third kappa shape index (κ3) is 3.23. The minimum absolute atomic E-state index is 1.27. The molecule has 0 aliphatic heterocycles. The molecule has 0 spiro atoms. The van der Waals surface area contributed by atoms with Gasteiger partial charge in [0.1, 0.15) is 0 Å². The molecule has 0 saturated heterocycles. The van der Waals surface area contributed by atoms with Crippen LogP contribution < -0.4 is 0 Å². The summed E-state index contributed by atoms with van der Waals surface area (Å²) in [5.74, 6) is 0. The summed E-state index contributed by atoms with van der Waals surface area (Å²) in [7, 11) is 0. The predicted molar refractivity (Wildman–Crippen MR) is 85.1 cm³/mol. The van der Waals surface area contributed by atoms with Gasteiger partial charge in [0.25, 0.3) is 0 Å². The Morgan fingerprint density at radius 2 is 1.63 bits per heavy atom. The minimum atomic E-state index is 1.27. The molecule has 0 unspecified atom stereocenters. The van der Waals surface area contributed by atoms with E-state index in [-0.39, 0.29) is 0 Å². The molecular formula is C19H20. The molecule has 0 aliphatic rings. The van der Waals surface area contributed by atoms with Crippen molar-refractivity contribution in [1.82, 2.24) is 0 Å². The highest BCUT2D eigenvalue weighted by molar-refractivity contribution is 5.78. The average molecular weight is 248 g/mol. The molecule has 0 nitrogen and oxygen atoms in total. The quantitative estimate of drug-likeness (QED) is 0.616. The Hall–Kier alpha value is -2.08. The second kappa shape index (κ2) is 6.19. The molecule has 0 N–H and O–H groups in total. The van der Waals surface area contributed by atoms with E-state index >= 15 is 0 Å². The molecular weight excluding hydrogens is 228 g/mol. The third-order valence-electron chi connectivity index (χ3n) is 3.18. The van der Waals surface area contributed by atoms with Gasteiger partial charge in [-0.15, -0.1) is 0 Å². The molecule has 2 aromatic carbocycles. The first-order valence-corrected chi connectivity index (χ1v) is 6.71. The Balaban J connectivity index is 2.52. The van der Waals surface area contributed by atoms with Gasteiger partial charge >= 0.3 is 0 Å². The zero-order valence-electron chi connectivity index (χ0n) is 11.9. The lowest BCUT2D eigenvalue weighted by atomic mass is 9.96. The normalized spacial score (nSPS) is 12.1. The van der Waals surface area contributed by atoms with Gasteiger partial charge in [-0.25, -0.2) is 0 Å². The first kappa shape index (κ1) is 13.4. The van der Waals surface area contributed by atoms with Crippen LogP contribution in [0.15, 0.2) is 66.8 Å². The standard InChI is InChI=1S/C19H20/c1-4-9-16(5-2)18-12-15(3)13-19(14-18)17-10-7-6-8-11-17/h4-14H,1-3H3. The lowest BCUT2D eigenvalue weighted by Crippen LogP contribution is -1.86. The summed E-state index contributed by atoms with van der Waals surface area (Å²) < 4.78 is 0. The Bertz CT molecular complexity index is 601. The SMILES string of the molecule is CC=CC(=CC)c1cc(C)cc(-c2ccccc2)c1. The monoisotopic (exact) mass is 248 g/mol. The molecule has 19 heavy (non-hydrogen) atoms. The smallest absolute Gasteiger partial charge is 0.0175 e. The van der Waals surface area contributed by atoms with Crippen LogP contribution in [-0.2, 0) is 0 Å². The Morgan fingerprint density at radius 3 is 2.26 bits per heavy atom. The van der Waals surface area contributed by atoms with E-state index in [9.17, 15) is 0 Å². The Labute approximate surface area is 116 Å². The number of allylic oxidation sites excluding steroid dienone is 4. The molecule has 2 rings (SSSR count). The fourth-order valence-electron chi connectivity index (χ4n) is 2.29. The van der Waals surface area contributed by atoms with E-state index in [0.29, 0.717) is 0 Å². The molecule has 0 heterocycles. The summed E-state index contributed by atoms with van der Waals surface area (Å²) in [5, 5.41) is 0. The van der Waals surface area contributed by atoms with Crippen molar-refractivity contribution in [2.24, 2.45) is 0 Å². The molecule has 2 aromatic rings.